The number of rotatable bonds is 3. The Morgan fingerprint density at radius 2 is 1.67 bits per heavy atom. The van der Waals surface area contributed by atoms with E-state index in [9.17, 15) is 9.90 Å². The number of pyridine rings is 1. The Kier molecular flexibility index (Phi) is 4.04. The molecule has 1 aromatic heterocycles. The first-order valence-corrected chi connectivity index (χ1v) is 7.63. The number of benzene rings is 2. The maximum Gasteiger partial charge on any atom is 0.264 e. The van der Waals surface area contributed by atoms with Gasteiger partial charge >= 0.3 is 0 Å². The molecule has 2 aromatic carbocycles. The van der Waals surface area contributed by atoms with Crippen LogP contribution in [-0.4, -0.2) is 15.4 Å². The Labute approximate surface area is 140 Å². The second-order valence-corrected chi connectivity index (χ2v) is 5.76. The fourth-order valence-electron chi connectivity index (χ4n) is 2.67. The Balaban J connectivity index is 2.14. The van der Waals surface area contributed by atoms with Crippen molar-refractivity contribution in [2.45, 2.75) is 6.92 Å². The van der Waals surface area contributed by atoms with Gasteiger partial charge in [0.15, 0.2) is 0 Å². The van der Waals surface area contributed by atoms with E-state index in [1.165, 1.54) is 10.6 Å². The summed E-state index contributed by atoms with van der Waals surface area (Å²) in [4.78, 5) is 12.7. The number of aromatic nitrogens is 1. The van der Waals surface area contributed by atoms with Gasteiger partial charge in [0.25, 0.3) is 5.56 Å². The summed E-state index contributed by atoms with van der Waals surface area (Å²) in [5.74, 6) is -0.178. The first-order valence-electron chi connectivity index (χ1n) is 7.63. The van der Waals surface area contributed by atoms with Crippen molar-refractivity contribution >= 4 is 5.71 Å². The summed E-state index contributed by atoms with van der Waals surface area (Å²) in [6.07, 6.45) is 0. The van der Waals surface area contributed by atoms with Crippen LogP contribution in [0.1, 0.15) is 16.7 Å². The molecule has 0 aliphatic rings. The minimum absolute atomic E-state index is 0.0148. The molecule has 0 radical (unpaired) electrons. The highest BCUT2D eigenvalue weighted by Crippen LogP contribution is 2.25. The number of nitrogens with zero attached hydrogens (tertiary/aromatic N) is 1. The van der Waals surface area contributed by atoms with Crippen LogP contribution in [-0.2, 0) is 7.05 Å². The topological polar surface area (TPSA) is 66.1 Å². The van der Waals surface area contributed by atoms with E-state index in [-0.39, 0.29) is 22.6 Å². The Morgan fingerprint density at radius 3 is 2.29 bits per heavy atom. The summed E-state index contributed by atoms with van der Waals surface area (Å²) in [7, 11) is 1.65. The highest BCUT2D eigenvalue weighted by molar-refractivity contribution is 6.12. The lowest BCUT2D eigenvalue weighted by atomic mass is 10.0. The predicted molar refractivity (Wildman–Crippen MR) is 95.9 cm³/mol. The van der Waals surface area contributed by atoms with Gasteiger partial charge in [-0.05, 0) is 12.5 Å². The van der Waals surface area contributed by atoms with Gasteiger partial charge in [-0.15, -0.1) is 0 Å². The van der Waals surface area contributed by atoms with Gasteiger partial charge in [0.05, 0.1) is 11.4 Å². The van der Waals surface area contributed by atoms with Crippen LogP contribution in [0.5, 0.6) is 5.75 Å². The number of nitrogens with one attached hydrogen (secondary N) is 1. The zero-order valence-corrected chi connectivity index (χ0v) is 13.6. The van der Waals surface area contributed by atoms with Crippen molar-refractivity contribution in [3.63, 3.8) is 0 Å². The van der Waals surface area contributed by atoms with Crippen molar-refractivity contribution in [2.75, 3.05) is 0 Å². The van der Waals surface area contributed by atoms with Crippen molar-refractivity contribution < 1.29 is 5.11 Å². The van der Waals surface area contributed by atoms with Crippen LogP contribution in [0.2, 0.25) is 0 Å². The van der Waals surface area contributed by atoms with Crippen LogP contribution < -0.4 is 5.56 Å². The average Bonchev–Trinajstić information content (AvgIpc) is 2.59. The normalized spacial score (nSPS) is 10.6. The first-order chi connectivity index (χ1) is 11.5. The largest absolute Gasteiger partial charge is 0.507 e. The van der Waals surface area contributed by atoms with Crippen molar-refractivity contribution in [3.8, 4) is 17.0 Å². The van der Waals surface area contributed by atoms with E-state index in [0.29, 0.717) is 11.3 Å². The minimum atomic E-state index is -0.389. The van der Waals surface area contributed by atoms with Crippen LogP contribution in [0.25, 0.3) is 11.3 Å². The lowest BCUT2D eigenvalue weighted by molar-refractivity contribution is 0.471. The van der Waals surface area contributed by atoms with Gasteiger partial charge in [-0.1, -0.05) is 60.2 Å². The highest BCUT2D eigenvalue weighted by atomic mass is 16.3. The van der Waals surface area contributed by atoms with Crippen LogP contribution >= 0.6 is 0 Å². The zero-order valence-electron chi connectivity index (χ0n) is 13.6. The van der Waals surface area contributed by atoms with Gasteiger partial charge in [-0.3, -0.25) is 10.2 Å². The molecule has 0 amide bonds. The van der Waals surface area contributed by atoms with E-state index >= 15 is 0 Å². The lowest BCUT2D eigenvalue weighted by Gasteiger charge is -2.13. The van der Waals surface area contributed by atoms with Crippen molar-refractivity contribution in [2.24, 2.45) is 7.05 Å². The maximum absolute atomic E-state index is 12.7. The average molecular weight is 318 g/mol. The van der Waals surface area contributed by atoms with E-state index in [4.69, 9.17) is 5.41 Å². The van der Waals surface area contributed by atoms with E-state index in [1.807, 2.05) is 49.4 Å². The number of aryl methyl sites for hydroxylation is 1. The van der Waals surface area contributed by atoms with Gasteiger partial charge in [0.1, 0.15) is 11.3 Å². The molecule has 0 aliphatic carbocycles. The molecule has 120 valence electrons. The summed E-state index contributed by atoms with van der Waals surface area (Å²) >= 11 is 0. The SMILES string of the molecule is Cc1ccc(C(=N)c2c(O)cc(-c3ccccc3)n(C)c2=O)cc1. The van der Waals surface area contributed by atoms with Gasteiger partial charge < -0.3 is 9.67 Å². The highest BCUT2D eigenvalue weighted by Gasteiger charge is 2.18. The molecule has 24 heavy (non-hydrogen) atoms. The molecule has 3 aromatic rings. The van der Waals surface area contributed by atoms with Crippen molar-refractivity contribution in [1.29, 1.82) is 5.41 Å². The molecule has 0 unspecified atom stereocenters. The molecule has 0 fully saturated rings. The molecular weight excluding hydrogens is 300 g/mol. The number of hydrogen-bond acceptors (Lipinski definition) is 3. The molecule has 4 nitrogen and oxygen atoms in total. The molecule has 2 N–H and O–H groups in total. The molecule has 0 spiro atoms. The zero-order chi connectivity index (χ0) is 17.3. The molecule has 3 rings (SSSR count). The third-order valence-corrected chi connectivity index (χ3v) is 4.07. The fraction of sp³-hybridized carbons (Fsp3) is 0.100. The number of aromatic hydroxyl groups is 1. The van der Waals surface area contributed by atoms with Crippen molar-refractivity contribution in [3.05, 3.63) is 87.7 Å². The minimum Gasteiger partial charge on any atom is -0.507 e. The second kappa shape index (κ2) is 6.16. The van der Waals surface area contributed by atoms with Crippen LogP contribution in [0.4, 0.5) is 0 Å². The first kappa shape index (κ1) is 15.7. The molecule has 4 heteroatoms. The van der Waals surface area contributed by atoms with E-state index in [1.54, 1.807) is 19.2 Å². The quantitative estimate of drug-likeness (QED) is 0.726. The maximum atomic E-state index is 12.7. The van der Waals surface area contributed by atoms with Gasteiger partial charge in [0.2, 0.25) is 0 Å². The van der Waals surface area contributed by atoms with Gasteiger partial charge in [-0.25, -0.2) is 0 Å². The summed E-state index contributed by atoms with van der Waals surface area (Å²) in [6.45, 7) is 1.96. The molecule has 0 aliphatic heterocycles. The summed E-state index contributed by atoms with van der Waals surface area (Å²) in [5.41, 5.74) is 2.76. The second-order valence-electron chi connectivity index (χ2n) is 5.76. The number of hydrogen-bond donors (Lipinski definition) is 2. The lowest BCUT2D eigenvalue weighted by Crippen LogP contribution is -2.26. The summed E-state index contributed by atoms with van der Waals surface area (Å²) < 4.78 is 1.47. The Hall–Kier alpha value is -3.14. The van der Waals surface area contributed by atoms with Crippen LogP contribution in [0.15, 0.2) is 65.5 Å². The van der Waals surface area contributed by atoms with Crippen LogP contribution in [0, 0.1) is 12.3 Å². The molecule has 0 bridgehead atoms. The molecule has 0 saturated heterocycles. The van der Waals surface area contributed by atoms with E-state index in [2.05, 4.69) is 0 Å². The van der Waals surface area contributed by atoms with E-state index in [0.717, 1.165) is 11.1 Å². The van der Waals surface area contributed by atoms with Crippen molar-refractivity contribution in [1.82, 2.24) is 4.57 Å². The third-order valence-electron chi connectivity index (χ3n) is 4.07. The molecular formula is C20H18N2O2. The van der Waals surface area contributed by atoms with Gasteiger partial charge in [0, 0.05) is 18.7 Å². The Morgan fingerprint density at radius 1 is 1.04 bits per heavy atom. The third kappa shape index (κ3) is 2.74. The Bertz CT molecular complexity index is 955. The molecule has 1 heterocycles. The smallest absolute Gasteiger partial charge is 0.264 e. The fourth-order valence-corrected chi connectivity index (χ4v) is 2.67. The summed E-state index contributed by atoms with van der Waals surface area (Å²) in [5, 5.41) is 18.7. The van der Waals surface area contributed by atoms with Gasteiger partial charge in [-0.2, -0.15) is 0 Å². The standard InChI is InChI=1S/C20H18N2O2/c1-13-8-10-15(11-9-13)19(21)18-17(23)12-16(22(2)20(18)24)14-6-4-3-5-7-14/h3-12,21,23H,1-2H3. The van der Waals surface area contributed by atoms with Crippen LogP contribution in [0.3, 0.4) is 0 Å². The predicted octanol–water partition coefficient (Wildman–Crippen LogP) is 3.48. The van der Waals surface area contributed by atoms with E-state index < -0.39 is 0 Å². The summed E-state index contributed by atoms with van der Waals surface area (Å²) in [6, 6.07) is 18.2. The monoisotopic (exact) mass is 318 g/mol. The molecule has 0 saturated carbocycles. The molecule has 0 atom stereocenters.